The molecule has 0 amide bonds. The van der Waals surface area contributed by atoms with Crippen LogP contribution in [0.25, 0.3) is 0 Å². The van der Waals surface area contributed by atoms with Gasteiger partial charge in [0, 0.05) is 30.1 Å². The molecule has 0 aliphatic rings. The predicted molar refractivity (Wildman–Crippen MR) is 72.7 cm³/mol. The molecule has 1 rings (SSSR count). The van der Waals surface area contributed by atoms with Crippen molar-refractivity contribution >= 4 is 16.7 Å². The molecule has 1 heterocycles. The summed E-state index contributed by atoms with van der Waals surface area (Å²) in [6.07, 6.45) is 4.28. The van der Waals surface area contributed by atoms with Gasteiger partial charge in [0.2, 0.25) is 5.13 Å². The summed E-state index contributed by atoms with van der Waals surface area (Å²) in [5.74, 6) is 0.908. The summed E-state index contributed by atoms with van der Waals surface area (Å²) in [5.41, 5.74) is 0.0254. The summed E-state index contributed by atoms with van der Waals surface area (Å²) in [5, 5.41) is 12.9. The Morgan fingerprint density at radius 1 is 1.18 bits per heavy atom. The minimum absolute atomic E-state index is 0.0254. The zero-order valence-corrected chi connectivity index (χ0v) is 11.8. The van der Waals surface area contributed by atoms with E-state index in [2.05, 4.69) is 35.4 Å². The number of aromatic nitrogens is 2. The van der Waals surface area contributed by atoms with Gasteiger partial charge in [-0.3, -0.25) is 0 Å². The minimum Gasteiger partial charge on any atom is -0.396 e. The first kappa shape index (κ1) is 14.4. The van der Waals surface area contributed by atoms with Gasteiger partial charge in [-0.05, 0) is 12.8 Å². The number of nitrogens with zero attached hydrogens (tertiary/aromatic N) is 2. The lowest BCUT2D eigenvalue weighted by atomic mass is 9.96. The van der Waals surface area contributed by atoms with Crippen LogP contribution in [0.3, 0.4) is 0 Å². The van der Waals surface area contributed by atoms with Gasteiger partial charge < -0.3 is 10.4 Å². The van der Waals surface area contributed by atoms with Gasteiger partial charge in [0.15, 0.2) is 0 Å². The molecule has 0 atom stereocenters. The SMILES string of the molecule is CC(C)(C)c1nsc(NCCCCCCO)n1. The molecule has 0 aliphatic heterocycles. The second-order valence-corrected chi connectivity index (χ2v) is 5.99. The van der Waals surface area contributed by atoms with Gasteiger partial charge in [-0.2, -0.15) is 4.37 Å². The molecule has 0 bridgehead atoms. The Labute approximate surface area is 108 Å². The van der Waals surface area contributed by atoms with Crippen LogP contribution in [0.1, 0.15) is 52.3 Å². The molecule has 17 heavy (non-hydrogen) atoms. The first-order valence-corrected chi connectivity index (χ1v) is 7.00. The number of rotatable bonds is 7. The van der Waals surface area contributed by atoms with E-state index < -0.39 is 0 Å². The van der Waals surface area contributed by atoms with E-state index in [-0.39, 0.29) is 5.41 Å². The fourth-order valence-electron chi connectivity index (χ4n) is 1.39. The standard InChI is InChI=1S/C12H23N3OS/c1-12(2,3)10-14-11(17-15-10)13-8-6-4-5-7-9-16/h16H,4-9H2,1-3H3,(H,13,14,15). The molecule has 4 nitrogen and oxygen atoms in total. The molecule has 2 N–H and O–H groups in total. The number of anilines is 1. The van der Waals surface area contributed by atoms with E-state index in [1.54, 1.807) is 0 Å². The number of hydrogen-bond donors (Lipinski definition) is 2. The average molecular weight is 257 g/mol. The number of hydrogen-bond acceptors (Lipinski definition) is 5. The van der Waals surface area contributed by atoms with Crippen molar-refractivity contribution in [2.75, 3.05) is 18.5 Å². The van der Waals surface area contributed by atoms with E-state index in [1.807, 2.05) is 0 Å². The zero-order chi connectivity index (χ0) is 12.7. The highest BCUT2D eigenvalue weighted by Crippen LogP contribution is 2.22. The largest absolute Gasteiger partial charge is 0.396 e. The lowest BCUT2D eigenvalue weighted by Crippen LogP contribution is -2.13. The monoisotopic (exact) mass is 257 g/mol. The third kappa shape index (κ3) is 5.46. The summed E-state index contributed by atoms with van der Waals surface area (Å²) in [6, 6.07) is 0. The second kappa shape index (κ2) is 6.91. The Bertz CT molecular complexity index is 320. The first-order valence-electron chi connectivity index (χ1n) is 6.23. The van der Waals surface area contributed by atoms with E-state index >= 15 is 0 Å². The van der Waals surface area contributed by atoms with E-state index in [0.29, 0.717) is 6.61 Å². The van der Waals surface area contributed by atoms with Crippen molar-refractivity contribution in [1.82, 2.24) is 9.36 Å². The molecule has 0 unspecified atom stereocenters. The van der Waals surface area contributed by atoms with Crippen molar-refractivity contribution in [1.29, 1.82) is 0 Å². The average Bonchev–Trinajstić information content (AvgIpc) is 2.71. The molecule has 0 aliphatic carbocycles. The van der Waals surface area contributed by atoms with Crippen LogP contribution in [0.4, 0.5) is 5.13 Å². The van der Waals surface area contributed by atoms with Gasteiger partial charge >= 0.3 is 0 Å². The van der Waals surface area contributed by atoms with Crippen LogP contribution in [-0.2, 0) is 5.41 Å². The molecule has 0 saturated heterocycles. The van der Waals surface area contributed by atoms with Crippen LogP contribution in [0.2, 0.25) is 0 Å². The van der Waals surface area contributed by atoms with Gasteiger partial charge in [0.1, 0.15) is 5.82 Å². The van der Waals surface area contributed by atoms with Crippen molar-refractivity contribution in [3.05, 3.63) is 5.82 Å². The quantitative estimate of drug-likeness (QED) is 0.737. The molecule has 5 heteroatoms. The molecule has 0 spiro atoms. The van der Waals surface area contributed by atoms with Gasteiger partial charge in [0.05, 0.1) is 0 Å². The maximum absolute atomic E-state index is 8.65. The van der Waals surface area contributed by atoms with Crippen molar-refractivity contribution in [2.45, 2.75) is 51.9 Å². The summed E-state index contributed by atoms with van der Waals surface area (Å²) >= 11 is 1.43. The Balaban J connectivity index is 2.21. The number of aliphatic hydroxyl groups excluding tert-OH is 1. The molecular weight excluding hydrogens is 234 g/mol. The predicted octanol–water partition coefficient (Wildman–Crippen LogP) is 2.80. The zero-order valence-electron chi connectivity index (χ0n) is 11.0. The molecule has 1 aromatic rings. The van der Waals surface area contributed by atoms with Crippen LogP contribution >= 0.6 is 11.5 Å². The molecule has 0 aromatic carbocycles. The third-order valence-electron chi connectivity index (χ3n) is 2.46. The minimum atomic E-state index is 0.0254. The molecule has 0 saturated carbocycles. The number of unbranched alkanes of at least 4 members (excludes halogenated alkanes) is 3. The van der Waals surface area contributed by atoms with E-state index in [4.69, 9.17) is 5.11 Å². The Hall–Kier alpha value is -0.680. The van der Waals surface area contributed by atoms with Gasteiger partial charge in [-0.1, -0.05) is 33.6 Å². The molecule has 0 fully saturated rings. The van der Waals surface area contributed by atoms with Crippen LogP contribution in [-0.4, -0.2) is 27.6 Å². The van der Waals surface area contributed by atoms with Gasteiger partial charge in [0.25, 0.3) is 0 Å². The summed E-state index contributed by atoms with van der Waals surface area (Å²) in [7, 11) is 0. The van der Waals surface area contributed by atoms with Crippen molar-refractivity contribution in [3.8, 4) is 0 Å². The molecule has 1 aromatic heterocycles. The second-order valence-electron chi connectivity index (χ2n) is 5.24. The fourth-order valence-corrected chi connectivity index (χ4v) is 2.17. The van der Waals surface area contributed by atoms with Crippen molar-refractivity contribution < 1.29 is 5.11 Å². The molecule has 98 valence electrons. The number of nitrogens with one attached hydrogen (secondary N) is 1. The summed E-state index contributed by atoms with van der Waals surface area (Å²) < 4.78 is 4.35. The Morgan fingerprint density at radius 2 is 1.88 bits per heavy atom. The van der Waals surface area contributed by atoms with E-state index in [0.717, 1.165) is 43.2 Å². The van der Waals surface area contributed by atoms with E-state index in [1.165, 1.54) is 11.5 Å². The van der Waals surface area contributed by atoms with Crippen LogP contribution in [0, 0.1) is 0 Å². The van der Waals surface area contributed by atoms with E-state index in [9.17, 15) is 0 Å². The lowest BCUT2D eigenvalue weighted by molar-refractivity contribution is 0.283. The molecule has 0 radical (unpaired) electrons. The topological polar surface area (TPSA) is 58.0 Å². The number of aliphatic hydroxyl groups is 1. The maximum Gasteiger partial charge on any atom is 0.202 e. The van der Waals surface area contributed by atoms with Crippen molar-refractivity contribution in [3.63, 3.8) is 0 Å². The summed E-state index contributed by atoms with van der Waals surface area (Å²) in [6.45, 7) is 7.60. The van der Waals surface area contributed by atoms with Crippen LogP contribution < -0.4 is 5.32 Å². The summed E-state index contributed by atoms with van der Waals surface area (Å²) in [4.78, 5) is 4.47. The fraction of sp³-hybridized carbons (Fsp3) is 0.833. The van der Waals surface area contributed by atoms with Crippen LogP contribution in [0.15, 0.2) is 0 Å². The van der Waals surface area contributed by atoms with Crippen molar-refractivity contribution in [2.24, 2.45) is 0 Å². The highest BCUT2D eigenvalue weighted by Gasteiger charge is 2.19. The Kier molecular flexibility index (Phi) is 5.85. The van der Waals surface area contributed by atoms with Crippen LogP contribution in [0.5, 0.6) is 0 Å². The lowest BCUT2D eigenvalue weighted by Gasteiger charge is -2.12. The molecular formula is C12H23N3OS. The maximum atomic E-state index is 8.65. The Morgan fingerprint density at radius 3 is 2.47 bits per heavy atom. The normalized spacial score (nSPS) is 11.8. The smallest absolute Gasteiger partial charge is 0.202 e. The highest BCUT2D eigenvalue weighted by molar-refractivity contribution is 7.09. The van der Waals surface area contributed by atoms with Gasteiger partial charge in [-0.15, -0.1) is 0 Å². The van der Waals surface area contributed by atoms with Gasteiger partial charge in [-0.25, -0.2) is 4.98 Å². The highest BCUT2D eigenvalue weighted by atomic mass is 32.1. The third-order valence-corrected chi connectivity index (χ3v) is 3.13. The first-order chi connectivity index (χ1) is 8.04.